The van der Waals surface area contributed by atoms with Crippen molar-refractivity contribution < 1.29 is 14.0 Å². The summed E-state index contributed by atoms with van der Waals surface area (Å²) in [4.78, 5) is 29.4. The molecule has 1 unspecified atom stereocenters. The third-order valence-electron chi connectivity index (χ3n) is 9.15. The molecule has 2 fully saturated rings. The summed E-state index contributed by atoms with van der Waals surface area (Å²) >= 11 is 0. The number of amides is 2. The summed E-state index contributed by atoms with van der Waals surface area (Å²) in [6.07, 6.45) is 4.52. The number of carbonyl (C=O) groups excluding carboxylic acids is 2. The molecule has 6 nitrogen and oxygen atoms in total. The second-order valence-corrected chi connectivity index (χ2v) is 11.5. The Morgan fingerprint density at radius 2 is 1.57 bits per heavy atom. The SMILES string of the molecule is NC(=O)C1([C@@H]2C(CCc3ccccc3)C(=O)N(c3ccc4c(cnn4-c4ccc(F)cc4)c3)[C@H]2c2ccccc2)CC1. The molecule has 2 amide bonds. The number of nitrogens with two attached hydrogens (primary N) is 1. The zero-order valence-corrected chi connectivity index (χ0v) is 23.1. The van der Waals surface area contributed by atoms with Crippen LogP contribution < -0.4 is 10.6 Å². The average molecular weight is 559 g/mol. The van der Waals surface area contributed by atoms with Crippen molar-refractivity contribution in [1.82, 2.24) is 9.78 Å². The number of hydrogen-bond donors (Lipinski definition) is 1. The van der Waals surface area contributed by atoms with E-state index < -0.39 is 5.41 Å². The van der Waals surface area contributed by atoms with Gasteiger partial charge in [-0.3, -0.25) is 9.59 Å². The summed E-state index contributed by atoms with van der Waals surface area (Å²) in [7, 11) is 0. The van der Waals surface area contributed by atoms with Crippen molar-refractivity contribution in [2.24, 2.45) is 23.0 Å². The molecule has 4 aromatic carbocycles. The van der Waals surface area contributed by atoms with Crippen LogP contribution in [0.25, 0.3) is 16.6 Å². The second kappa shape index (κ2) is 10.2. The van der Waals surface area contributed by atoms with Gasteiger partial charge in [-0.25, -0.2) is 9.07 Å². The molecule has 5 aromatic rings. The molecule has 42 heavy (non-hydrogen) atoms. The molecule has 1 aromatic heterocycles. The van der Waals surface area contributed by atoms with Gasteiger partial charge in [0.2, 0.25) is 11.8 Å². The Labute approximate surface area is 243 Å². The summed E-state index contributed by atoms with van der Waals surface area (Å²) in [5.74, 6) is -1.21. The minimum atomic E-state index is -0.705. The first-order valence-electron chi connectivity index (χ1n) is 14.4. The Morgan fingerprint density at radius 1 is 0.905 bits per heavy atom. The van der Waals surface area contributed by atoms with E-state index in [1.54, 1.807) is 23.0 Å². The third kappa shape index (κ3) is 4.36. The fourth-order valence-electron chi connectivity index (χ4n) is 6.94. The number of benzene rings is 4. The molecule has 0 spiro atoms. The van der Waals surface area contributed by atoms with Gasteiger partial charge in [0.15, 0.2) is 0 Å². The van der Waals surface area contributed by atoms with E-state index in [0.29, 0.717) is 19.3 Å². The lowest BCUT2D eigenvalue weighted by molar-refractivity contribution is -0.127. The minimum Gasteiger partial charge on any atom is -0.369 e. The lowest BCUT2D eigenvalue weighted by atomic mass is 9.73. The summed E-state index contributed by atoms with van der Waals surface area (Å²) in [5, 5.41) is 5.41. The third-order valence-corrected chi connectivity index (χ3v) is 9.15. The van der Waals surface area contributed by atoms with Crippen LogP contribution in [0.15, 0.2) is 109 Å². The summed E-state index contributed by atoms with van der Waals surface area (Å²) in [5.41, 5.74) is 9.90. The van der Waals surface area contributed by atoms with Crippen molar-refractivity contribution in [3.05, 3.63) is 126 Å². The molecule has 1 saturated carbocycles. The van der Waals surface area contributed by atoms with Gasteiger partial charge in [-0.1, -0.05) is 60.7 Å². The van der Waals surface area contributed by atoms with Crippen molar-refractivity contribution in [2.75, 3.05) is 4.90 Å². The molecule has 0 bridgehead atoms. The Hall–Kier alpha value is -4.78. The van der Waals surface area contributed by atoms with Gasteiger partial charge in [0.05, 0.1) is 28.9 Å². The van der Waals surface area contributed by atoms with Crippen LogP contribution in [0, 0.1) is 23.1 Å². The van der Waals surface area contributed by atoms with Gasteiger partial charge in [-0.2, -0.15) is 5.10 Å². The van der Waals surface area contributed by atoms with E-state index >= 15 is 0 Å². The zero-order valence-electron chi connectivity index (χ0n) is 23.1. The number of aromatic nitrogens is 2. The van der Waals surface area contributed by atoms with Gasteiger partial charge in [0.1, 0.15) is 5.82 Å². The molecule has 1 saturated heterocycles. The summed E-state index contributed by atoms with van der Waals surface area (Å²) in [6.45, 7) is 0. The van der Waals surface area contributed by atoms with E-state index in [4.69, 9.17) is 5.73 Å². The Morgan fingerprint density at radius 3 is 2.24 bits per heavy atom. The average Bonchev–Trinajstić information content (AvgIpc) is 3.63. The molecular weight excluding hydrogens is 527 g/mol. The lowest BCUT2D eigenvalue weighted by Gasteiger charge is -2.33. The van der Waals surface area contributed by atoms with Crippen LogP contribution in [0.5, 0.6) is 0 Å². The first-order valence-corrected chi connectivity index (χ1v) is 14.4. The van der Waals surface area contributed by atoms with E-state index in [2.05, 4.69) is 17.2 Å². The van der Waals surface area contributed by atoms with Gasteiger partial charge in [-0.05, 0) is 79.3 Å². The van der Waals surface area contributed by atoms with E-state index in [0.717, 1.165) is 39.8 Å². The lowest BCUT2D eigenvalue weighted by Crippen LogP contribution is -2.38. The molecular formula is C35H31FN4O2. The number of primary amides is 1. The summed E-state index contributed by atoms with van der Waals surface area (Å²) < 4.78 is 15.3. The largest absolute Gasteiger partial charge is 0.369 e. The number of aryl methyl sites for hydroxylation is 1. The molecule has 2 heterocycles. The quantitative estimate of drug-likeness (QED) is 0.240. The molecule has 7 rings (SSSR count). The first kappa shape index (κ1) is 26.1. The first-order chi connectivity index (χ1) is 20.5. The molecule has 3 atom stereocenters. The number of fused-ring (bicyclic) bond motifs is 1. The van der Waals surface area contributed by atoms with E-state index in [9.17, 15) is 14.0 Å². The van der Waals surface area contributed by atoms with E-state index in [1.807, 2.05) is 71.6 Å². The Bertz CT molecular complexity index is 1760. The van der Waals surface area contributed by atoms with Crippen molar-refractivity contribution in [3.8, 4) is 5.69 Å². The smallest absolute Gasteiger partial charge is 0.231 e. The topological polar surface area (TPSA) is 81.2 Å². The van der Waals surface area contributed by atoms with Gasteiger partial charge in [0, 0.05) is 22.9 Å². The van der Waals surface area contributed by atoms with Gasteiger partial charge in [0.25, 0.3) is 0 Å². The predicted molar refractivity (Wildman–Crippen MR) is 160 cm³/mol. The predicted octanol–water partition coefficient (Wildman–Crippen LogP) is 6.38. The van der Waals surface area contributed by atoms with Gasteiger partial charge >= 0.3 is 0 Å². The maximum Gasteiger partial charge on any atom is 0.231 e. The molecule has 0 radical (unpaired) electrons. The highest BCUT2D eigenvalue weighted by Gasteiger charge is 2.65. The van der Waals surface area contributed by atoms with Gasteiger partial charge in [-0.15, -0.1) is 0 Å². The van der Waals surface area contributed by atoms with Crippen LogP contribution >= 0.6 is 0 Å². The molecule has 7 heteroatoms. The number of halogens is 1. The number of nitrogens with zero attached hydrogens (tertiary/aromatic N) is 3. The van der Waals surface area contributed by atoms with Crippen molar-refractivity contribution in [2.45, 2.75) is 31.7 Å². The van der Waals surface area contributed by atoms with Crippen LogP contribution in [0.2, 0.25) is 0 Å². The Kier molecular flexibility index (Phi) is 6.38. The Balaban J connectivity index is 1.33. The number of carbonyl (C=O) groups is 2. The van der Waals surface area contributed by atoms with Crippen LogP contribution in [0.3, 0.4) is 0 Å². The molecule has 2 aliphatic rings. The minimum absolute atomic E-state index is 0.0163. The maximum absolute atomic E-state index is 14.5. The van der Waals surface area contributed by atoms with Crippen molar-refractivity contribution >= 4 is 28.4 Å². The number of anilines is 1. The molecule has 210 valence electrons. The number of rotatable bonds is 8. The molecule has 2 N–H and O–H groups in total. The van der Waals surface area contributed by atoms with Crippen molar-refractivity contribution in [3.63, 3.8) is 0 Å². The monoisotopic (exact) mass is 558 g/mol. The standard InChI is InChI=1S/C35H31FN4O2/c36-26-12-14-27(15-13-26)40-30-18-16-28(21-25(30)22-38-40)39-32(24-9-5-2-6-10-24)31(35(19-20-35)34(37)42)29(33(39)41)17-11-23-7-3-1-4-8-23/h1-10,12-16,18,21-22,29,31-32H,11,17,19-20H2,(H2,37,42)/t29?,31-,32+/m1/s1. The molecule has 1 aliphatic carbocycles. The second-order valence-electron chi connectivity index (χ2n) is 11.5. The van der Waals surface area contributed by atoms with Crippen LogP contribution in [0.1, 0.15) is 36.4 Å². The highest BCUT2D eigenvalue weighted by molar-refractivity contribution is 6.02. The van der Waals surface area contributed by atoms with Crippen LogP contribution in [-0.2, 0) is 16.0 Å². The fourth-order valence-corrected chi connectivity index (χ4v) is 6.94. The molecule has 1 aliphatic heterocycles. The van der Waals surface area contributed by atoms with Crippen LogP contribution in [0.4, 0.5) is 10.1 Å². The van der Waals surface area contributed by atoms with Crippen LogP contribution in [-0.4, -0.2) is 21.6 Å². The fraction of sp³-hybridized carbons (Fsp3) is 0.229. The maximum atomic E-state index is 14.5. The van der Waals surface area contributed by atoms with Crippen molar-refractivity contribution in [1.29, 1.82) is 0 Å². The van der Waals surface area contributed by atoms with E-state index in [-0.39, 0.29) is 35.5 Å². The number of hydrogen-bond acceptors (Lipinski definition) is 3. The van der Waals surface area contributed by atoms with E-state index in [1.165, 1.54) is 12.1 Å². The highest BCUT2D eigenvalue weighted by Crippen LogP contribution is 2.63. The zero-order chi connectivity index (χ0) is 28.8. The summed E-state index contributed by atoms with van der Waals surface area (Å²) in [6, 6.07) is 31.9. The highest BCUT2D eigenvalue weighted by atomic mass is 19.1. The normalized spacial score (nSPS) is 21.1. The van der Waals surface area contributed by atoms with Gasteiger partial charge < -0.3 is 10.6 Å².